The summed E-state index contributed by atoms with van der Waals surface area (Å²) >= 11 is 1.47. The molecule has 0 bridgehead atoms. The molecule has 9 heteroatoms. The van der Waals surface area contributed by atoms with E-state index in [1.807, 2.05) is 79.7 Å². The number of hydrogen-bond donors (Lipinski definition) is 0. The van der Waals surface area contributed by atoms with Gasteiger partial charge in [0.05, 0.1) is 43.2 Å². The minimum Gasteiger partial charge on any atom is -0.497 e. The molecule has 3 aromatic carbocycles. The Hall–Kier alpha value is -4.24. The molecule has 1 aromatic heterocycles. The van der Waals surface area contributed by atoms with Gasteiger partial charge in [0.25, 0.3) is 0 Å². The first-order valence-electron chi connectivity index (χ1n) is 13.0. The minimum absolute atomic E-state index is 0.140. The zero-order chi connectivity index (χ0) is 28.2. The van der Waals surface area contributed by atoms with E-state index < -0.39 is 5.97 Å². The zero-order valence-electron chi connectivity index (χ0n) is 22.9. The first-order valence-corrected chi connectivity index (χ1v) is 14.0. The van der Waals surface area contributed by atoms with Crippen molar-refractivity contribution in [3.8, 4) is 28.4 Å². The number of anilines is 1. The quantitative estimate of drug-likeness (QED) is 0.261. The fraction of sp³-hybridized carbons (Fsp3) is 0.258. The number of benzene rings is 3. The van der Waals surface area contributed by atoms with Crippen LogP contribution in [-0.2, 0) is 14.3 Å². The number of ether oxygens (including phenoxy) is 3. The minimum atomic E-state index is -0.484. The van der Waals surface area contributed by atoms with E-state index in [1.165, 1.54) is 16.7 Å². The molecule has 1 aliphatic rings. The van der Waals surface area contributed by atoms with E-state index in [0.717, 1.165) is 27.9 Å². The third-order valence-corrected chi connectivity index (χ3v) is 7.96. The first-order chi connectivity index (χ1) is 19.4. The van der Waals surface area contributed by atoms with Crippen LogP contribution in [0.3, 0.4) is 0 Å². The number of carbonyl (C=O) groups excluding carboxylic acids is 2. The topological polar surface area (TPSA) is 82.9 Å². The SMILES string of the molecule is CCOC(=O)CN1C(=O)CSC(c2cc(OC)ccc2OC)c2c(-c3ccccc3)nn(-c3ccc(C)cc3)c21. The first kappa shape index (κ1) is 27.3. The van der Waals surface area contributed by atoms with Crippen LogP contribution in [0.15, 0.2) is 72.8 Å². The number of thioether (sulfide) groups is 1. The van der Waals surface area contributed by atoms with E-state index in [2.05, 4.69) is 0 Å². The van der Waals surface area contributed by atoms with Gasteiger partial charge < -0.3 is 14.2 Å². The van der Waals surface area contributed by atoms with E-state index >= 15 is 0 Å². The summed E-state index contributed by atoms with van der Waals surface area (Å²) in [5.41, 5.74) is 5.12. The highest BCUT2D eigenvalue weighted by Crippen LogP contribution is 2.51. The molecule has 0 saturated carbocycles. The molecule has 5 rings (SSSR count). The molecule has 0 N–H and O–H groups in total. The van der Waals surface area contributed by atoms with Gasteiger partial charge in [-0.2, -0.15) is 5.10 Å². The molecule has 1 atom stereocenters. The maximum Gasteiger partial charge on any atom is 0.326 e. The molecular weight excluding hydrogens is 526 g/mol. The van der Waals surface area contributed by atoms with Crippen LogP contribution in [0.4, 0.5) is 5.82 Å². The monoisotopic (exact) mass is 557 g/mol. The maximum absolute atomic E-state index is 13.8. The van der Waals surface area contributed by atoms with Crippen molar-refractivity contribution in [3.05, 3.63) is 89.5 Å². The molecule has 0 spiro atoms. The Morgan fingerprint density at radius 2 is 1.77 bits per heavy atom. The Kier molecular flexibility index (Phi) is 8.11. The summed E-state index contributed by atoms with van der Waals surface area (Å²) in [6, 6.07) is 23.4. The summed E-state index contributed by atoms with van der Waals surface area (Å²) < 4.78 is 18.4. The van der Waals surface area contributed by atoms with Crippen molar-refractivity contribution in [1.29, 1.82) is 0 Å². The molecule has 4 aromatic rings. The molecule has 206 valence electrons. The van der Waals surface area contributed by atoms with Crippen molar-refractivity contribution in [2.45, 2.75) is 19.1 Å². The maximum atomic E-state index is 13.8. The third kappa shape index (κ3) is 5.29. The second-order valence-corrected chi connectivity index (χ2v) is 10.4. The Labute approximate surface area is 237 Å². The zero-order valence-corrected chi connectivity index (χ0v) is 23.7. The van der Waals surface area contributed by atoms with Crippen molar-refractivity contribution in [3.63, 3.8) is 0 Å². The van der Waals surface area contributed by atoms with Crippen molar-refractivity contribution < 1.29 is 23.8 Å². The molecule has 40 heavy (non-hydrogen) atoms. The number of methoxy groups -OCH3 is 2. The number of fused-ring (bicyclic) bond motifs is 1. The van der Waals surface area contributed by atoms with Gasteiger partial charge >= 0.3 is 5.97 Å². The number of amides is 1. The third-order valence-electron chi connectivity index (χ3n) is 6.73. The van der Waals surface area contributed by atoms with Crippen LogP contribution in [0.2, 0.25) is 0 Å². The number of carbonyl (C=O) groups is 2. The molecular formula is C31H31N3O5S. The van der Waals surface area contributed by atoms with Gasteiger partial charge in [0.15, 0.2) is 0 Å². The van der Waals surface area contributed by atoms with Crippen LogP contribution < -0.4 is 14.4 Å². The molecule has 0 aliphatic carbocycles. The molecule has 0 saturated heterocycles. The van der Waals surface area contributed by atoms with Crippen LogP contribution in [0.1, 0.15) is 28.9 Å². The fourth-order valence-electron chi connectivity index (χ4n) is 4.82. The second kappa shape index (κ2) is 11.9. The number of hydrogen-bond acceptors (Lipinski definition) is 7. The van der Waals surface area contributed by atoms with Crippen LogP contribution in [0.25, 0.3) is 16.9 Å². The lowest BCUT2D eigenvalue weighted by Gasteiger charge is -2.23. The van der Waals surface area contributed by atoms with E-state index in [1.54, 1.807) is 25.8 Å². The molecule has 0 fully saturated rings. The summed E-state index contributed by atoms with van der Waals surface area (Å²) in [5.74, 6) is 1.31. The van der Waals surface area contributed by atoms with Gasteiger partial charge in [0.2, 0.25) is 5.91 Å². The highest BCUT2D eigenvalue weighted by molar-refractivity contribution is 8.00. The number of aryl methyl sites for hydroxylation is 1. The Balaban J connectivity index is 1.84. The van der Waals surface area contributed by atoms with Gasteiger partial charge in [-0.05, 0) is 44.2 Å². The van der Waals surface area contributed by atoms with E-state index in [9.17, 15) is 9.59 Å². The van der Waals surface area contributed by atoms with Crippen molar-refractivity contribution in [1.82, 2.24) is 9.78 Å². The summed E-state index contributed by atoms with van der Waals surface area (Å²) in [5, 5.41) is 4.74. The largest absolute Gasteiger partial charge is 0.497 e. The normalized spacial score (nSPS) is 14.8. The standard InChI is InChI=1S/C31H31N3O5S/c1-5-39-27(36)18-33-26(35)19-40-30(24-17-23(37-3)15-16-25(24)38-4)28-29(21-9-7-6-8-10-21)32-34(31(28)33)22-13-11-20(2)12-14-22/h6-17,30H,5,18-19H2,1-4H3. The van der Waals surface area contributed by atoms with Crippen LogP contribution in [-0.4, -0.2) is 54.8 Å². The lowest BCUT2D eigenvalue weighted by molar-refractivity contribution is -0.142. The number of nitrogens with zero attached hydrogens (tertiary/aromatic N) is 3. The average Bonchev–Trinajstić information content (AvgIpc) is 3.30. The summed E-state index contributed by atoms with van der Waals surface area (Å²) in [7, 11) is 3.24. The van der Waals surface area contributed by atoms with Gasteiger partial charge in [0.1, 0.15) is 23.9 Å². The molecule has 1 aliphatic heterocycles. The number of esters is 1. The molecule has 1 amide bonds. The van der Waals surface area contributed by atoms with Crippen molar-refractivity contribution in [2.24, 2.45) is 0 Å². The number of aromatic nitrogens is 2. The average molecular weight is 558 g/mol. The highest BCUT2D eigenvalue weighted by Gasteiger charge is 2.39. The summed E-state index contributed by atoms with van der Waals surface area (Å²) in [6.07, 6.45) is 0. The van der Waals surface area contributed by atoms with Gasteiger partial charge in [-0.1, -0.05) is 48.0 Å². The van der Waals surface area contributed by atoms with Crippen molar-refractivity contribution in [2.75, 3.05) is 38.0 Å². The Morgan fingerprint density at radius 1 is 1.02 bits per heavy atom. The predicted molar refractivity (Wildman–Crippen MR) is 157 cm³/mol. The second-order valence-electron chi connectivity index (χ2n) is 9.28. The smallest absolute Gasteiger partial charge is 0.326 e. The van der Waals surface area contributed by atoms with Gasteiger partial charge in [-0.25, -0.2) is 4.68 Å². The van der Waals surface area contributed by atoms with E-state index in [-0.39, 0.29) is 30.1 Å². The van der Waals surface area contributed by atoms with Gasteiger partial charge in [0, 0.05) is 16.7 Å². The highest BCUT2D eigenvalue weighted by atomic mass is 32.2. The molecule has 0 radical (unpaired) electrons. The molecule has 2 heterocycles. The summed E-state index contributed by atoms with van der Waals surface area (Å²) in [4.78, 5) is 28.1. The summed E-state index contributed by atoms with van der Waals surface area (Å²) in [6.45, 7) is 3.76. The van der Waals surface area contributed by atoms with E-state index in [0.29, 0.717) is 23.0 Å². The van der Waals surface area contributed by atoms with Crippen LogP contribution in [0.5, 0.6) is 11.5 Å². The van der Waals surface area contributed by atoms with E-state index in [4.69, 9.17) is 19.3 Å². The van der Waals surface area contributed by atoms with Gasteiger partial charge in [-0.3, -0.25) is 14.5 Å². The Morgan fingerprint density at radius 3 is 2.45 bits per heavy atom. The van der Waals surface area contributed by atoms with Crippen LogP contribution in [0, 0.1) is 6.92 Å². The number of rotatable bonds is 8. The predicted octanol–water partition coefficient (Wildman–Crippen LogP) is 5.60. The molecule has 8 nitrogen and oxygen atoms in total. The van der Waals surface area contributed by atoms with Crippen molar-refractivity contribution >= 4 is 29.5 Å². The van der Waals surface area contributed by atoms with Gasteiger partial charge in [-0.15, -0.1) is 11.8 Å². The lowest BCUT2D eigenvalue weighted by Crippen LogP contribution is -2.38. The lowest BCUT2D eigenvalue weighted by atomic mass is 9.98. The fourth-order valence-corrected chi connectivity index (χ4v) is 6.03. The molecule has 1 unspecified atom stereocenters. The van der Waals surface area contributed by atoms with Crippen LogP contribution >= 0.6 is 11.8 Å². The Bertz CT molecular complexity index is 1520.